The summed E-state index contributed by atoms with van der Waals surface area (Å²) >= 11 is 1.60. The van der Waals surface area contributed by atoms with Crippen LogP contribution in [-0.2, 0) is 0 Å². The van der Waals surface area contributed by atoms with Gasteiger partial charge in [0.15, 0.2) is 0 Å². The quantitative estimate of drug-likeness (QED) is 0.664. The molecular formula is C16H21N5O2S. The van der Waals surface area contributed by atoms with Gasteiger partial charge in [-0.05, 0) is 19.1 Å². The molecule has 0 unspecified atom stereocenters. The molecular weight excluding hydrogens is 326 g/mol. The molecule has 0 aliphatic carbocycles. The number of urea groups is 1. The number of carbonyl (C=O) groups excluding carboxylic acids is 2. The second-order valence-electron chi connectivity index (χ2n) is 5.36. The van der Waals surface area contributed by atoms with Crippen molar-refractivity contribution in [3.05, 3.63) is 46.2 Å². The van der Waals surface area contributed by atoms with Gasteiger partial charge in [-0.25, -0.2) is 9.78 Å². The molecule has 128 valence electrons. The second-order valence-corrected chi connectivity index (χ2v) is 6.25. The summed E-state index contributed by atoms with van der Waals surface area (Å²) in [6.07, 6.45) is 3.11. The van der Waals surface area contributed by atoms with E-state index in [-0.39, 0.29) is 17.9 Å². The number of aromatic nitrogens is 2. The standard InChI is InChI=1S/C16H21N5O2S/c1-11(15-21-12(2)10-24-15)8-20-16(23)19-7-6-18-14(22)13-4-3-5-17-9-13/h3-5,9-11H,6-8H2,1-2H3,(H,18,22)(H2,19,20,23)/t11-/m1/s1. The highest BCUT2D eigenvalue weighted by molar-refractivity contribution is 7.09. The zero-order chi connectivity index (χ0) is 17.4. The molecule has 0 aliphatic rings. The van der Waals surface area contributed by atoms with Crippen molar-refractivity contribution in [3.63, 3.8) is 0 Å². The lowest BCUT2D eigenvalue weighted by Crippen LogP contribution is -2.41. The lowest BCUT2D eigenvalue weighted by Gasteiger charge is -2.11. The SMILES string of the molecule is Cc1csc([C@H](C)CNC(=O)NCCNC(=O)c2cccnc2)n1. The maximum Gasteiger partial charge on any atom is 0.314 e. The zero-order valence-corrected chi connectivity index (χ0v) is 14.5. The van der Waals surface area contributed by atoms with Crippen LogP contribution in [0.5, 0.6) is 0 Å². The minimum Gasteiger partial charge on any atom is -0.350 e. The first-order valence-electron chi connectivity index (χ1n) is 7.68. The van der Waals surface area contributed by atoms with E-state index < -0.39 is 0 Å². The lowest BCUT2D eigenvalue weighted by molar-refractivity contribution is 0.0953. The van der Waals surface area contributed by atoms with Gasteiger partial charge in [-0.2, -0.15) is 0 Å². The van der Waals surface area contributed by atoms with Gasteiger partial charge in [-0.3, -0.25) is 9.78 Å². The van der Waals surface area contributed by atoms with Gasteiger partial charge in [-0.15, -0.1) is 11.3 Å². The molecule has 2 aromatic rings. The van der Waals surface area contributed by atoms with Crippen molar-refractivity contribution >= 4 is 23.3 Å². The summed E-state index contributed by atoms with van der Waals surface area (Å²) in [6, 6.07) is 3.13. The number of aryl methyl sites for hydroxylation is 1. The van der Waals surface area contributed by atoms with Crippen LogP contribution in [-0.4, -0.2) is 41.5 Å². The first kappa shape index (κ1) is 17.9. The topological polar surface area (TPSA) is 96.0 Å². The van der Waals surface area contributed by atoms with Crippen molar-refractivity contribution in [1.82, 2.24) is 25.9 Å². The molecule has 0 saturated heterocycles. The van der Waals surface area contributed by atoms with E-state index in [0.717, 1.165) is 10.7 Å². The number of pyridine rings is 1. The second kappa shape index (κ2) is 8.97. The molecule has 0 aliphatic heterocycles. The van der Waals surface area contributed by atoms with Gasteiger partial charge in [0.25, 0.3) is 5.91 Å². The van der Waals surface area contributed by atoms with Gasteiger partial charge in [0.2, 0.25) is 0 Å². The minimum atomic E-state index is -0.259. The van der Waals surface area contributed by atoms with Crippen LogP contribution < -0.4 is 16.0 Å². The third-order valence-electron chi connectivity index (χ3n) is 3.25. The van der Waals surface area contributed by atoms with E-state index in [9.17, 15) is 9.59 Å². The molecule has 1 atom stereocenters. The Labute approximate surface area is 144 Å². The number of nitrogens with one attached hydrogen (secondary N) is 3. The van der Waals surface area contributed by atoms with E-state index >= 15 is 0 Å². The Hall–Kier alpha value is -2.48. The van der Waals surface area contributed by atoms with Crippen LogP contribution in [0.15, 0.2) is 29.9 Å². The smallest absolute Gasteiger partial charge is 0.314 e. The molecule has 2 heterocycles. The van der Waals surface area contributed by atoms with Crippen molar-refractivity contribution in [1.29, 1.82) is 0 Å². The fourth-order valence-electron chi connectivity index (χ4n) is 1.95. The Morgan fingerprint density at radius 2 is 2.04 bits per heavy atom. The Balaban J connectivity index is 1.60. The molecule has 0 fully saturated rings. The largest absolute Gasteiger partial charge is 0.350 e. The highest BCUT2D eigenvalue weighted by Crippen LogP contribution is 2.18. The summed E-state index contributed by atoms with van der Waals surface area (Å²) in [5, 5.41) is 11.2. The Kier molecular flexibility index (Phi) is 6.68. The number of hydrogen-bond acceptors (Lipinski definition) is 5. The minimum absolute atomic E-state index is 0.166. The molecule has 2 rings (SSSR count). The normalized spacial score (nSPS) is 11.6. The molecule has 0 saturated carbocycles. The third-order valence-corrected chi connectivity index (χ3v) is 4.44. The summed E-state index contributed by atoms with van der Waals surface area (Å²) in [6.45, 7) is 5.19. The summed E-state index contributed by atoms with van der Waals surface area (Å²) in [7, 11) is 0. The van der Waals surface area contributed by atoms with E-state index in [1.807, 2.05) is 19.2 Å². The maximum atomic E-state index is 11.8. The molecule has 0 radical (unpaired) electrons. The van der Waals surface area contributed by atoms with Crippen LogP contribution in [0.2, 0.25) is 0 Å². The number of hydrogen-bond donors (Lipinski definition) is 3. The van der Waals surface area contributed by atoms with Crippen molar-refractivity contribution in [3.8, 4) is 0 Å². The highest BCUT2D eigenvalue weighted by atomic mass is 32.1. The van der Waals surface area contributed by atoms with Crippen LogP contribution in [0.3, 0.4) is 0 Å². The average molecular weight is 347 g/mol. The summed E-state index contributed by atoms with van der Waals surface area (Å²) in [5.74, 6) is -0.0437. The fourth-order valence-corrected chi connectivity index (χ4v) is 2.80. The number of carbonyl (C=O) groups is 2. The maximum absolute atomic E-state index is 11.8. The van der Waals surface area contributed by atoms with Crippen LogP contribution in [0.25, 0.3) is 0 Å². The Bertz CT molecular complexity index is 674. The number of rotatable bonds is 7. The predicted octanol–water partition coefficient (Wildman–Crippen LogP) is 1.68. The van der Waals surface area contributed by atoms with Crippen LogP contribution >= 0.6 is 11.3 Å². The average Bonchev–Trinajstić information content (AvgIpc) is 3.03. The molecule has 7 nitrogen and oxygen atoms in total. The number of nitrogens with zero attached hydrogens (tertiary/aromatic N) is 2. The zero-order valence-electron chi connectivity index (χ0n) is 13.7. The predicted molar refractivity (Wildman–Crippen MR) is 93.2 cm³/mol. The van der Waals surface area contributed by atoms with Gasteiger partial charge >= 0.3 is 6.03 Å². The van der Waals surface area contributed by atoms with E-state index in [4.69, 9.17) is 0 Å². The van der Waals surface area contributed by atoms with Gasteiger partial charge in [-0.1, -0.05) is 6.92 Å². The lowest BCUT2D eigenvalue weighted by atomic mass is 10.2. The van der Waals surface area contributed by atoms with E-state index in [2.05, 4.69) is 25.9 Å². The van der Waals surface area contributed by atoms with Crippen molar-refractivity contribution in [2.24, 2.45) is 0 Å². The molecule has 24 heavy (non-hydrogen) atoms. The number of amides is 3. The third kappa shape index (κ3) is 5.62. The van der Waals surface area contributed by atoms with Crippen LogP contribution in [0, 0.1) is 6.92 Å². The van der Waals surface area contributed by atoms with Gasteiger partial charge < -0.3 is 16.0 Å². The van der Waals surface area contributed by atoms with Crippen LogP contribution in [0.4, 0.5) is 4.79 Å². The molecule has 8 heteroatoms. The van der Waals surface area contributed by atoms with Crippen molar-refractivity contribution < 1.29 is 9.59 Å². The molecule has 3 N–H and O–H groups in total. The monoisotopic (exact) mass is 347 g/mol. The van der Waals surface area contributed by atoms with Crippen molar-refractivity contribution in [2.45, 2.75) is 19.8 Å². The number of thiazole rings is 1. The van der Waals surface area contributed by atoms with Gasteiger partial charge in [0.05, 0.1) is 10.6 Å². The molecule has 0 aromatic carbocycles. The summed E-state index contributed by atoms with van der Waals surface area (Å²) < 4.78 is 0. The fraction of sp³-hybridized carbons (Fsp3) is 0.375. The first-order valence-corrected chi connectivity index (χ1v) is 8.56. The molecule has 3 amide bonds. The van der Waals surface area contributed by atoms with Gasteiger partial charge in [0.1, 0.15) is 0 Å². The summed E-state index contributed by atoms with van der Waals surface area (Å²) in [5.41, 5.74) is 1.49. The Morgan fingerprint density at radius 1 is 1.25 bits per heavy atom. The highest BCUT2D eigenvalue weighted by Gasteiger charge is 2.11. The molecule has 2 aromatic heterocycles. The first-order chi connectivity index (χ1) is 11.6. The molecule has 0 bridgehead atoms. The van der Waals surface area contributed by atoms with E-state index in [0.29, 0.717) is 25.2 Å². The van der Waals surface area contributed by atoms with Gasteiger partial charge in [0, 0.05) is 49.0 Å². The van der Waals surface area contributed by atoms with Crippen LogP contribution in [0.1, 0.15) is 33.9 Å². The van der Waals surface area contributed by atoms with E-state index in [1.165, 1.54) is 6.20 Å². The summed E-state index contributed by atoms with van der Waals surface area (Å²) in [4.78, 5) is 31.8. The Morgan fingerprint density at radius 3 is 2.71 bits per heavy atom. The van der Waals surface area contributed by atoms with E-state index in [1.54, 1.807) is 29.7 Å². The van der Waals surface area contributed by atoms with Crippen molar-refractivity contribution in [2.75, 3.05) is 19.6 Å². The molecule has 0 spiro atoms.